The van der Waals surface area contributed by atoms with E-state index in [1.54, 1.807) is 68.6 Å². The highest BCUT2D eigenvalue weighted by molar-refractivity contribution is 7.93. The van der Waals surface area contributed by atoms with Crippen molar-refractivity contribution in [3.63, 3.8) is 0 Å². The summed E-state index contributed by atoms with van der Waals surface area (Å²) >= 11 is 1.01. The Kier molecular flexibility index (Phi) is 7.86. The first-order valence-corrected chi connectivity index (χ1v) is 13.2. The number of thiophene rings is 1. The lowest BCUT2D eigenvalue weighted by Crippen LogP contribution is -2.28. The van der Waals surface area contributed by atoms with Crippen LogP contribution in [0.2, 0.25) is 0 Å². The van der Waals surface area contributed by atoms with Crippen molar-refractivity contribution in [2.75, 3.05) is 23.3 Å². The van der Waals surface area contributed by atoms with Crippen molar-refractivity contribution < 1.29 is 27.5 Å². The van der Waals surface area contributed by atoms with Gasteiger partial charge in [-0.25, -0.2) is 13.2 Å². The number of rotatable bonds is 8. The SMILES string of the molecule is CCOc1ccc(N(C)S(=O)(=O)c2ccsc2C(=O)Nc2cccc(C(=O)OC(C)(C)C)c2)cc1. The van der Waals surface area contributed by atoms with Crippen molar-refractivity contribution >= 4 is 44.6 Å². The Labute approximate surface area is 209 Å². The molecule has 1 amide bonds. The zero-order valence-electron chi connectivity index (χ0n) is 20.2. The van der Waals surface area contributed by atoms with Gasteiger partial charge in [0.1, 0.15) is 21.1 Å². The van der Waals surface area contributed by atoms with E-state index in [0.717, 1.165) is 15.6 Å². The van der Waals surface area contributed by atoms with Crippen LogP contribution in [0.15, 0.2) is 64.9 Å². The van der Waals surface area contributed by atoms with Crippen LogP contribution >= 0.6 is 11.3 Å². The van der Waals surface area contributed by atoms with Gasteiger partial charge in [0, 0.05) is 12.7 Å². The van der Waals surface area contributed by atoms with Gasteiger partial charge in [-0.15, -0.1) is 11.3 Å². The minimum Gasteiger partial charge on any atom is -0.494 e. The Bertz CT molecular complexity index is 1310. The van der Waals surface area contributed by atoms with Crippen LogP contribution in [0.1, 0.15) is 47.7 Å². The van der Waals surface area contributed by atoms with Gasteiger partial charge in [-0.2, -0.15) is 0 Å². The number of ether oxygens (including phenoxy) is 2. The molecule has 3 rings (SSSR count). The van der Waals surface area contributed by atoms with Gasteiger partial charge in [0.25, 0.3) is 15.9 Å². The number of esters is 1. The van der Waals surface area contributed by atoms with Crippen LogP contribution in [0.25, 0.3) is 0 Å². The van der Waals surface area contributed by atoms with Crippen LogP contribution in [0.5, 0.6) is 5.75 Å². The van der Waals surface area contributed by atoms with Gasteiger partial charge in [0.2, 0.25) is 0 Å². The zero-order chi connectivity index (χ0) is 25.8. The van der Waals surface area contributed by atoms with Crippen LogP contribution in [-0.4, -0.2) is 39.5 Å². The lowest BCUT2D eigenvalue weighted by atomic mass is 10.1. The second-order valence-corrected chi connectivity index (χ2v) is 11.4. The van der Waals surface area contributed by atoms with Gasteiger partial charge < -0.3 is 14.8 Å². The van der Waals surface area contributed by atoms with Crippen molar-refractivity contribution in [2.45, 2.75) is 38.2 Å². The topological polar surface area (TPSA) is 102 Å². The minimum absolute atomic E-state index is 0.0328. The fourth-order valence-electron chi connectivity index (χ4n) is 3.12. The first-order chi connectivity index (χ1) is 16.4. The van der Waals surface area contributed by atoms with E-state index in [2.05, 4.69) is 5.32 Å². The average Bonchev–Trinajstić information content (AvgIpc) is 3.30. The molecule has 1 aromatic heterocycles. The summed E-state index contributed by atoms with van der Waals surface area (Å²) in [5.41, 5.74) is 0.379. The second kappa shape index (κ2) is 10.5. The summed E-state index contributed by atoms with van der Waals surface area (Å²) in [6, 6.07) is 14.3. The molecule has 0 radical (unpaired) electrons. The molecule has 186 valence electrons. The number of nitrogens with zero attached hydrogens (tertiary/aromatic N) is 1. The molecule has 0 bridgehead atoms. The molecule has 0 aliphatic rings. The van der Waals surface area contributed by atoms with Crippen molar-refractivity contribution in [2.24, 2.45) is 0 Å². The van der Waals surface area contributed by atoms with Gasteiger partial charge in [-0.3, -0.25) is 9.10 Å². The van der Waals surface area contributed by atoms with Crippen molar-refractivity contribution in [1.82, 2.24) is 0 Å². The summed E-state index contributed by atoms with van der Waals surface area (Å²) in [6.45, 7) is 7.65. The smallest absolute Gasteiger partial charge is 0.338 e. The molecule has 0 unspecified atom stereocenters. The van der Waals surface area contributed by atoms with E-state index in [-0.39, 0.29) is 15.3 Å². The van der Waals surface area contributed by atoms with Gasteiger partial charge in [-0.05, 0) is 81.6 Å². The van der Waals surface area contributed by atoms with Crippen molar-refractivity contribution in [3.05, 3.63) is 70.4 Å². The van der Waals surface area contributed by atoms with Gasteiger partial charge in [-0.1, -0.05) is 6.07 Å². The van der Waals surface area contributed by atoms with E-state index in [1.165, 1.54) is 19.2 Å². The lowest BCUT2D eigenvalue weighted by Gasteiger charge is -2.20. The number of amides is 1. The highest BCUT2D eigenvalue weighted by Crippen LogP contribution is 2.29. The second-order valence-electron chi connectivity index (χ2n) is 8.55. The molecule has 2 aromatic carbocycles. The molecule has 0 fully saturated rings. The van der Waals surface area contributed by atoms with E-state index < -0.39 is 27.5 Å². The lowest BCUT2D eigenvalue weighted by molar-refractivity contribution is 0.00694. The summed E-state index contributed by atoms with van der Waals surface area (Å²) < 4.78 is 38.5. The first kappa shape index (κ1) is 26.2. The number of carbonyl (C=O) groups excluding carboxylic acids is 2. The number of benzene rings is 2. The molecular formula is C25H28N2O6S2. The third-order valence-corrected chi connectivity index (χ3v) is 7.61. The molecule has 0 aliphatic heterocycles. The van der Waals surface area contributed by atoms with Crippen molar-refractivity contribution in [1.29, 1.82) is 0 Å². The number of anilines is 2. The Hall–Kier alpha value is -3.37. The molecule has 0 aliphatic carbocycles. The number of sulfonamides is 1. The first-order valence-electron chi connectivity index (χ1n) is 10.9. The standard InChI is InChI=1S/C25H28N2O6S2/c1-6-32-20-12-10-19(11-13-20)27(5)35(30,31)21-14-15-34-22(21)23(28)26-18-9-7-8-17(16-18)24(29)33-25(2,3)4/h7-16H,6H2,1-5H3,(H,26,28). The van der Waals surface area contributed by atoms with Crippen LogP contribution in [0.3, 0.4) is 0 Å². The molecule has 0 saturated heterocycles. The van der Waals surface area contributed by atoms with Crippen LogP contribution in [0.4, 0.5) is 11.4 Å². The maximum atomic E-state index is 13.3. The molecule has 1 heterocycles. The summed E-state index contributed by atoms with van der Waals surface area (Å²) in [5.74, 6) is -0.490. The molecule has 3 aromatic rings. The predicted molar refractivity (Wildman–Crippen MR) is 137 cm³/mol. The summed E-state index contributed by atoms with van der Waals surface area (Å²) in [4.78, 5) is 25.3. The summed E-state index contributed by atoms with van der Waals surface area (Å²) in [7, 11) is -2.59. The third-order valence-electron chi connectivity index (χ3n) is 4.74. The van der Waals surface area contributed by atoms with Gasteiger partial charge in [0.05, 0.1) is 17.9 Å². The monoisotopic (exact) mass is 516 g/mol. The molecular weight excluding hydrogens is 488 g/mol. The fourth-order valence-corrected chi connectivity index (χ4v) is 5.61. The maximum Gasteiger partial charge on any atom is 0.338 e. The Morgan fingerprint density at radius 2 is 1.74 bits per heavy atom. The van der Waals surface area contributed by atoms with Crippen LogP contribution in [0, 0.1) is 0 Å². The third kappa shape index (κ3) is 6.40. The number of hydrogen-bond donors (Lipinski definition) is 1. The van der Waals surface area contributed by atoms with E-state index in [9.17, 15) is 18.0 Å². The average molecular weight is 517 g/mol. The van der Waals surface area contributed by atoms with E-state index in [1.807, 2.05) is 6.92 Å². The molecule has 1 N–H and O–H groups in total. The number of hydrogen-bond acceptors (Lipinski definition) is 7. The molecule has 8 nitrogen and oxygen atoms in total. The maximum absolute atomic E-state index is 13.3. The Morgan fingerprint density at radius 3 is 2.37 bits per heavy atom. The molecule has 35 heavy (non-hydrogen) atoms. The molecule has 0 saturated carbocycles. The Morgan fingerprint density at radius 1 is 1.06 bits per heavy atom. The van der Waals surface area contributed by atoms with Crippen LogP contribution in [-0.2, 0) is 14.8 Å². The summed E-state index contributed by atoms with van der Waals surface area (Å²) in [5, 5.41) is 4.23. The zero-order valence-corrected chi connectivity index (χ0v) is 21.8. The number of nitrogens with one attached hydrogen (secondary N) is 1. The Balaban J connectivity index is 1.81. The summed E-state index contributed by atoms with van der Waals surface area (Å²) in [6.07, 6.45) is 0. The largest absolute Gasteiger partial charge is 0.494 e. The molecule has 10 heteroatoms. The predicted octanol–water partition coefficient (Wildman–Crippen LogP) is 5.18. The number of carbonyl (C=O) groups is 2. The minimum atomic E-state index is -4.02. The van der Waals surface area contributed by atoms with E-state index in [4.69, 9.17) is 9.47 Å². The highest BCUT2D eigenvalue weighted by atomic mass is 32.2. The fraction of sp³-hybridized carbons (Fsp3) is 0.280. The van der Waals surface area contributed by atoms with Gasteiger partial charge in [0.15, 0.2) is 0 Å². The quantitative estimate of drug-likeness (QED) is 0.414. The van der Waals surface area contributed by atoms with Crippen LogP contribution < -0.4 is 14.4 Å². The van der Waals surface area contributed by atoms with Gasteiger partial charge >= 0.3 is 5.97 Å². The molecule has 0 atom stereocenters. The van der Waals surface area contributed by atoms with E-state index >= 15 is 0 Å². The van der Waals surface area contributed by atoms with E-state index in [0.29, 0.717) is 23.7 Å². The van der Waals surface area contributed by atoms with Crippen molar-refractivity contribution in [3.8, 4) is 5.75 Å². The molecule has 0 spiro atoms. The highest BCUT2D eigenvalue weighted by Gasteiger charge is 2.28. The normalized spacial score (nSPS) is 11.6.